The number of hydrogen-bond donors (Lipinski definition) is 1. The molecule has 0 radical (unpaired) electrons. The van der Waals surface area contributed by atoms with E-state index in [9.17, 15) is 4.79 Å². The van der Waals surface area contributed by atoms with E-state index in [1.165, 1.54) is 6.20 Å². The highest BCUT2D eigenvalue weighted by molar-refractivity contribution is 7.09. The number of H-pyrrole nitrogens is 1. The molecule has 2 aromatic heterocycles. The van der Waals surface area contributed by atoms with Gasteiger partial charge in [0.2, 0.25) is 0 Å². The molecule has 0 aromatic carbocycles. The molecule has 0 fully saturated rings. The molecule has 2 rings (SSSR count). The van der Waals surface area contributed by atoms with E-state index in [1.54, 1.807) is 29.5 Å². The van der Waals surface area contributed by atoms with Crippen molar-refractivity contribution >= 4 is 17.2 Å². The van der Waals surface area contributed by atoms with Gasteiger partial charge in [0.15, 0.2) is 0 Å². The zero-order valence-electron chi connectivity index (χ0n) is 9.10. The summed E-state index contributed by atoms with van der Waals surface area (Å²) in [6.07, 6.45) is 3.11. The van der Waals surface area contributed by atoms with Gasteiger partial charge in [-0.2, -0.15) is 5.10 Å². The lowest BCUT2D eigenvalue weighted by Crippen LogP contribution is -2.25. The van der Waals surface area contributed by atoms with Crippen molar-refractivity contribution in [2.75, 3.05) is 7.05 Å². The number of aromatic amines is 1. The topological polar surface area (TPSA) is 61.9 Å². The fraction of sp³-hybridized carbons (Fsp3) is 0.300. The lowest BCUT2D eigenvalue weighted by molar-refractivity contribution is 0.0783. The maximum atomic E-state index is 11.9. The molecular weight excluding hydrogens is 224 g/mol. The van der Waals surface area contributed by atoms with Crippen LogP contribution in [0.2, 0.25) is 0 Å². The van der Waals surface area contributed by atoms with Gasteiger partial charge in [-0.25, -0.2) is 4.98 Å². The fourth-order valence-corrected chi connectivity index (χ4v) is 1.99. The summed E-state index contributed by atoms with van der Waals surface area (Å²) in [5, 5.41) is 9.35. The van der Waals surface area contributed by atoms with Crippen molar-refractivity contribution in [2.45, 2.75) is 13.5 Å². The molecule has 2 aromatic rings. The molecule has 0 aliphatic carbocycles. The van der Waals surface area contributed by atoms with Crippen LogP contribution in [-0.4, -0.2) is 33.0 Å². The number of rotatable bonds is 3. The predicted molar refractivity (Wildman–Crippen MR) is 61.2 cm³/mol. The van der Waals surface area contributed by atoms with Gasteiger partial charge < -0.3 is 4.90 Å². The van der Waals surface area contributed by atoms with Gasteiger partial charge in [-0.15, -0.1) is 11.3 Å². The summed E-state index contributed by atoms with van der Waals surface area (Å²) in [4.78, 5) is 17.8. The number of carbonyl (C=O) groups excluding carboxylic acids is 1. The number of amides is 1. The van der Waals surface area contributed by atoms with Gasteiger partial charge in [-0.1, -0.05) is 0 Å². The number of carbonyl (C=O) groups is 1. The first kappa shape index (κ1) is 10.8. The molecule has 0 aliphatic heterocycles. The lowest BCUT2D eigenvalue weighted by atomic mass is 10.3. The summed E-state index contributed by atoms with van der Waals surface area (Å²) in [5.41, 5.74) is 1.48. The second-order valence-corrected chi connectivity index (χ2v) is 4.57. The van der Waals surface area contributed by atoms with Crippen LogP contribution in [0.5, 0.6) is 0 Å². The Bertz CT molecular complexity index is 477. The minimum Gasteiger partial charge on any atom is -0.336 e. The van der Waals surface area contributed by atoms with Gasteiger partial charge in [-0.05, 0) is 6.92 Å². The van der Waals surface area contributed by atoms with Crippen molar-refractivity contribution in [3.63, 3.8) is 0 Å². The largest absolute Gasteiger partial charge is 0.336 e. The Morgan fingerprint density at radius 1 is 1.62 bits per heavy atom. The summed E-state index contributed by atoms with van der Waals surface area (Å²) in [6.45, 7) is 2.47. The first-order chi connectivity index (χ1) is 7.66. The Morgan fingerprint density at radius 2 is 2.44 bits per heavy atom. The van der Waals surface area contributed by atoms with Gasteiger partial charge >= 0.3 is 0 Å². The van der Waals surface area contributed by atoms with Crippen LogP contribution in [0.4, 0.5) is 0 Å². The van der Waals surface area contributed by atoms with Crippen molar-refractivity contribution in [3.05, 3.63) is 34.0 Å². The molecule has 0 unspecified atom stereocenters. The summed E-state index contributed by atoms with van der Waals surface area (Å²) in [7, 11) is 1.75. The number of hydrogen-bond acceptors (Lipinski definition) is 4. The summed E-state index contributed by atoms with van der Waals surface area (Å²) in [6, 6.07) is 0. The molecule has 0 saturated heterocycles. The third-order valence-corrected chi connectivity index (χ3v) is 2.98. The van der Waals surface area contributed by atoms with Crippen LogP contribution in [0, 0.1) is 6.92 Å². The van der Waals surface area contributed by atoms with Crippen LogP contribution >= 0.6 is 11.3 Å². The average Bonchev–Trinajstić information content (AvgIpc) is 2.88. The maximum absolute atomic E-state index is 11.9. The molecular formula is C10H12N4OS. The van der Waals surface area contributed by atoms with E-state index in [1.807, 2.05) is 12.3 Å². The van der Waals surface area contributed by atoms with Gasteiger partial charge in [0.05, 0.1) is 29.0 Å². The molecule has 0 bridgehead atoms. The van der Waals surface area contributed by atoms with Crippen LogP contribution in [-0.2, 0) is 6.54 Å². The number of nitrogens with zero attached hydrogens (tertiary/aromatic N) is 3. The molecule has 1 amide bonds. The number of thiazole rings is 1. The quantitative estimate of drug-likeness (QED) is 0.877. The highest BCUT2D eigenvalue weighted by atomic mass is 32.1. The highest BCUT2D eigenvalue weighted by Gasteiger charge is 2.13. The van der Waals surface area contributed by atoms with Crippen molar-refractivity contribution < 1.29 is 4.79 Å². The molecule has 0 spiro atoms. The Balaban J connectivity index is 2.03. The Morgan fingerprint density at radius 3 is 3.00 bits per heavy atom. The smallest absolute Gasteiger partial charge is 0.257 e. The zero-order valence-corrected chi connectivity index (χ0v) is 9.91. The van der Waals surface area contributed by atoms with E-state index < -0.39 is 0 Å². The molecule has 6 heteroatoms. The van der Waals surface area contributed by atoms with Crippen molar-refractivity contribution in [1.82, 2.24) is 20.1 Å². The molecule has 1 N–H and O–H groups in total. The number of nitrogens with one attached hydrogen (secondary N) is 1. The molecule has 0 atom stereocenters. The van der Waals surface area contributed by atoms with Crippen LogP contribution in [0.25, 0.3) is 0 Å². The van der Waals surface area contributed by atoms with Crippen molar-refractivity contribution in [1.29, 1.82) is 0 Å². The summed E-state index contributed by atoms with van der Waals surface area (Å²) >= 11 is 1.59. The first-order valence-corrected chi connectivity index (χ1v) is 5.70. The molecule has 2 heterocycles. The normalized spacial score (nSPS) is 10.4. The Hall–Kier alpha value is -1.69. The average molecular weight is 236 g/mol. The van der Waals surface area contributed by atoms with E-state index in [4.69, 9.17) is 0 Å². The SMILES string of the molecule is Cc1nc(CN(C)C(=O)c2cn[nH]c2)cs1. The van der Waals surface area contributed by atoms with Gasteiger partial charge in [0.25, 0.3) is 5.91 Å². The van der Waals surface area contributed by atoms with Crippen LogP contribution in [0.3, 0.4) is 0 Å². The van der Waals surface area contributed by atoms with E-state index in [0.29, 0.717) is 12.1 Å². The Labute approximate surface area is 97.1 Å². The fourth-order valence-electron chi connectivity index (χ4n) is 1.38. The van der Waals surface area contributed by atoms with E-state index >= 15 is 0 Å². The second-order valence-electron chi connectivity index (χ2n) is 3.51. The maximum Gasteiger partial charge on any atom is 0.257 e. The van der Waals surface area contributed by atoms with E-state index in [2.05, 4.69) is 15.2 Å². The van der Waals surface area contributed by atoms with Crippen LogP contribution in [0.15, 0.2) is 17.8 Å². The molecule has 16 heavy (non-hydrogen) atoms. The van der Waals surface area contributed by atoms with Gasteiger partial charge in [0.1, 0.15) is 0 Å². The standard InChI is InChI=1S/C10H12N4OS/c1-7-13-9(6-16-7)5-14(2)10(15)8-3-11-12-4-8/h3-4,6H,5H2,1-2H3,(H,11,12). The lowest BCUT2D eigenvalue weighted by Gasteiger charge is -2.14. The third kappa shape index (κ3) is 2.27. The monoisotopic (exact) mass is 236 g/mol. The second kappa shape index (κ2) is 4.44. The summed E-state index contributed by atoms with van der Waals surface area (Å²) < 4.78 is 0. The van der Waals surface area contributed by atoms with E-state index in [-0.39, 0.29) is 5.91 Å². The highest BCUT2D eigenvalue weighted by Crippen LogP contribution is 2.11. The Kier molecular flexibility index (Phi) is 3.00. The first-order valence-electron chi connectivity index (χ1n) is 4.82. The van der Waals surface area contributed by atoms with Crippen molar-refractivity contribution in [3.8, 4) is 0 Å². The zero-order chi connectivity index (χ0) is 11.5. The minimum atomic E-state index is -0.0561. The number of aryl methyl sites for hydroxylation is 1. The van der Waals surface area contributed by atoms with Gasteiger partial charge in [-0.3, -0.25) is 9.89 Å². The number of aromatic nitrogens is 3. The summed E-state index contributed by atoms with van der Waals surface area (Å²) in [5.74, 6) is -0.0561. The van der Waals surface area contributed by atoms with Crippen LogP contribution < -0.4 is 0 Å². The van der Waals surface area contributed by atoms with Crippen LogP contribution in [0.1, 0.15) is 21.1 Å². The molecule has 84 valence electrons. The van der Waals surface area contributed by atoms with Gasteiger partial charge in [0, 0.05) is 18.6 Å². The predicted octanol–water partition coefficient (Wildman–Crippen LogP) is 1.45. The third-order valence-electron chi connectivity index (χ3n) is 2.16. The van der Waals surface area contributed by atoms with Crippen molar-refractivity contribution in [2.24, 2.45) is 0 Å². The van der Waals surface area contributed by atoms with E-state index in [0.717, 1.165) is 10.7 Å². The molecule has 0 saturated carbocycles. The molecule has 5 nitrogen and oxygen atoms in total. The minimum absolute atomic E-state index is 0.0561. The molecule has 0 aliphatic rings.